The van der Waals surface area contributed by atoms with Crippen LogP contribution >= 0.6 is 11.6 Å². The molecule has 3 aliphatic rings. The van der Waals surface area contributed by atoms with Gasteiger partial charge in [0.05, 0.1) is 44.7 Å². The van der Waals surface area contributed by atoms with E-state index in [1.54, 1.807) is 47.2 Å². The number of carbonyl (C=O) groups excluding carboxylic acids is 5. The molecule has 0 spiro atoms. The van der Waals surface area contributed by atoms with E-state index in [4.69, 9.17) is 35.5 Å². The lowest BCUT2D eigenvalue weighted by Crippen LogP contribution is -2.52. The minimum absolute atomic E-state index is 0.0190. The highest BCUT2D eigenvalue weighted by molar-refractivity contribution is 6.35. The van der Waals surface area contributed by atoms with Crippen molar-refractivity contribution in [1.29, 1.82) is 0 Å². The fraction of sp³-hybridized carbons (Fsp3) is 0.420. The molecule has 4 heterocycles. The average molecular weight is 983 g/mol. The third kappa shape index (κ3) is 11.5. The molecule has 1 aromatic heterocycles. The van der Waals surface area contributed by atoms with Gasteiger partial charge in [0, 0.05) is 88.6 Å². The predicted molar refractivity (Wildman–Crippen MR) is 259 cm³/mol. The number of aromatic nitrogens is 2. The number of fused-ring (bicyclic) bond motifs is 3. The number of rotatable bonds is 21. The molecular weight excluding hydrogens is 927 g/mol. The van der Waals surface area contributed by atoms with Crippen LogP contribution in [0.4, 0.5) is 16.2 Å². The van der Waals surface area contributed by atoms with E-state index in [0.717, 1.165) is 5.56 Å². The smallest absolute Gasteiger partial charge is 0.255 e. The van der Waals surface area contributed by atoms with Gasteiger partial charge in [0.25, 0.3) is 5.91 Å². The molecule has 3 N–H and O–H groups in total. The third-order valence-corrected chi connectivity index (χ3v) is 12.9. The molecule has 370 valence electrons. The monoisotopic (exact) mass is 982 g/mol. The fourth-order valence-corrected chi connectivity index (χ4v) is 9.13. The maximum Gasteiger partial charge on any atom is 0.255 e. The first-order chi connectivity index (χ1) is 33.9. The molecule has 5 aromatic rings. The van der Waals surface area contributed by atoms with E-state index in [9.17, 15) is 29.1 Å². The molecule has 1 unspecified atom stereocenters. The largest absolute Gasteiger partial charge is 0.508 e. The van der Waals surface area contributed by atoms with E-state index in [-0.39, 0.29) is 84.0 Å². The van der Waals surface area contributed by atoms with Crippen molar-refractivity contribution in [3.63, 3.8) is 0 Å². The number of likely N-dealkylation sites (N-methyl/N-ethyl adjacent to an activating group) is 1. The van der Waals surface area contributed by atoms with Crippen LogP contribution < -0.4 is 20.3 Å². The van der Waals surface area contributed by atoms with Crippen molar-refractivity contribution >= 4 is 74.6 Å². The Morgan fingerprint density at radius 3 is 2.37 bits per heavy atom. The van der Waals surface area contributed by atoms with Gasteiger partial charge in [0.15, 0.2) is 5.82 Å². The molecular formula is C50H56ClFN8O10. The molecule has 0 aliphatic carbocycles. The van der Waals surface area contributed by atoms with Crippen molar-refractivity contribution in [2.75, 3.05) is 103 Å². The number of piperazine rings is 1. The summed E-state index contributed by atoms with van der Waals surface area (Å²) in [5.41, 5.74) is 1.80. The van der Waals surface area contributed by atoms with Gasteiger partial charge >= 0.3 is 0 Å². The summed E-state index contributed by atoms with van der Waals surface area (Å²) in [6.45, 7) is 6.72. The minimum atomic E-state index is -0.681. The number of hydrogen-bond donors (Lipinski definition) is 3. The van der Waals surface area contributed by atoms with E-state index in [2.05, 4.69) is 15.6 Å². The van der Waals surface area contributed by atoms with E-state index >= 15 is 4.39 Å². The van der Waals surface area contributed by atoms with Crippen molar-refractivity contribution in [2.24, 2.45) is 0 Å². The second kappa shape index (κ2) is 22.8. The van der Waals surface area contributed by atoms with Gasteiger partial charge in [-0.15, -0.1) is 0 Å². The van der Waals surface area contributed by atoms with Crippen LogP contribution in [0.25, 0.3) is 32.8 Å². The average Bonchev–Trinajstić information content (AvgIpc) is 3.68. The molecule has 8 rings (SSSR count). The van der Waals surface area contributed by atoms with Crippen molar-refractivity contribution < 1.29 is 52.4 Å². The number of nitrogens with zero attached hydrogens (tertiary/aromatic N) is 6. The van der Waals surface area contributed by atoms with E-state index in [1.165, 1.54) is 11.0 Å². The van der Waals surface area contributed by atoms with Crippen molar-refractivity contribution in [1.82, 2.24) is 30.0 Å². The molecule has 2 saturated heterocycles. The number of carbonyl (C=O) groups is 5. The number of phenols is 1. The number of benzene rings is 4. The zero-order valence-corrected chi connectivity index (χ0v) is 39.9. The van der Waals surface area contributed by atoms with Crippen LogP contribution in [-0.2, 0) is 39.9 Å². The maximum atomic E-state index is 16.9. The molecule has 0 radical (unpaired) electrons. The Kier molecular flexibility index (Phi) is 16.2. The highest BCUT2D eigenvalue weighted by Crippen LogP contribution is 2.42. The van der Waals surface area contributed by atoms with Crippen LogP contribution in [0, 0.1) is 5.82 Å². The zero-order valence-electron chi connectivity index (χ0n) is 39.1. The van der Waals surface area contributed by atoms with Gasteiger partial charge in [-0.2, -0.15) is 4.98 Å². The number of aromatic hydroxyl groups is 1. The van der Waals surface area contributed by atoms with Crippen LogP contribution in [0.1, 0.15) is 48.5 Å². The summed E-state index contributed by atoms with van der Waals surface area (Å²) in [4.78, 5) is 78.5. The number of phenolic OH excluding ortho intramolecular Hbond substituents is 1. The topological polar surface area (TPSA) is 205 Å². The van der Waals surface area contributed by atoms with Crippen LogP contribution in [-0.4, -0.2) is 158 Å². The molecule has 18 nitrogen and oxygen atoms in total. The molecule has 20 heteroatoms. The molecule has 4 aromatic carbocycles. The number of imide groups is 1. The Morgan fingerprint density at radius 2 is 1.63 bits per heavy atom. The Morgan fingerprint density at radius 1 is 0.900 bits per heavy atom. The number of anilines is 2. The molecule has 3 aliphatic heterocycles. The molecule has 70 heavy (non-hydrogen) atoms. The van der Waals surface area contributed by atoms with Gasteiger partial charge in [-0.25, -0.2) is 9.37 Å². The van der Waals surface area contributed by atoms with Crippen LogP contribution in [0.5, 0.6) is 11.5 Å². The van der Waals surface area contributed by atoms with Gasteiger partial charge in [0.2, 0.25) is 29.6 Å². The third-order valence-electron chi connectivity index (χ3n) is 12.6. The second-order valence-corrected chi connectivity index (χ2v) is 17.6. The minimum Gasteiger partial charge on any atom is -0.508 e. The van der Waals surface area contributed by atoms with Crippen LogP contribution in [0.15, 0.2) is 60.7 Å². The number of hydrogen-bond acceptors (Lipinski definition) is 14. The van der Waals surface area contributed by atoms with E-state index in [0.29, 0.717) is 124 Å². The maximum absolute atomic E-state index is 16.9. The van der Waals surface area contributed by atoms with E-state index in [1.807, 2.05) is 36.1 Å². The highest BCUT2D eigenvalue weighted by Gasteiger charge is 2.39. The Labute approximate surface area is 408 Å². The fourth-order valence-electron chi connectivity index (χ4n) is 8.84. The van der Waals surface area contributed by atoms with Crippen LogP contribution in [0.3, 0.4) is 0 Å². The first-order valence-electron chi connectivity index (χ1n) is 23.5. The SMILES string of the molecule is CCC(=O)N1CCN(c2nc(NCCC(=O)N(C)CCOCCOCCOCCOc3ccc4c(c3)CN(C3CCC(=O)NC3=O)C4=O)nc3c(F)c(-c4cc(O)cc5ccccc45)c(Cl)cc23)CC1. The molecule has 1 atom stereocenters. The summed E-state index contributed by atoms with van der Waals surface area (Å²) < 4.78 is 39.7. The summed E-state index contributed by atoms with van der Waals surface area (Å²) in [5, 5.41) is 18.0. The Hall–Kier alpha value is -6.67. The normalized spacial score (nSPS) is 16.0. The molecule has 2 fully saturated rings. The first-order valence-corrected chi connectivity index (χ1v) is 23.8. The quantitative estimate of drug-likeness (QED) is 0.0643. The number of ether oxygens (including phenoxy) is 4. The summed E-state index contributed by atoms with van der Waals surface area (Å²) in [7, 11) is 1.69. The van der Waals surface area contributed by atoms with Gasteiger partial charge in [-0.05, 0) is 64.7 Å². The molecule has 0 bridgehead atoms. The van der Waals surface area contributed by atoms with Gasteiger partial charge < -0.3 is 49.0 Å². The van der Waals surface area contributed by atoms with Gasteiger partial charge in [0.1, 0.15) is 35.5 Å². The summed E-state index contributed by atoms with van der Waals surface area (Å²) in [6, 6.07) is 16.6. The summed E-state index contributed by atoms with van der Waals surface area (Å²) >= 11 is 6.87. The lowest BCUT2D eigenvalue weighted by atomic mass is 9.96. The molecule has 5 amide bonds. The number of halogens is 2. The van der Waals surface area contributed by atoms with Crippen molar-refractivity contribution in [3.05, 3.63) is 82.6 Å². The highest BCUT2D eigenvalue weighted by atomic mass is 35.5. The van der Waals surface area contributed by atoms with Gasteiger partial charge in [-0.3, -0.25) is 29.3 Å². The second-order valence-electron chi connectivity index (χ2n) is 17.1. The van der Waals surface area contributed by atoms with Crippen LogP contribution in [0.2, 0.25) is 5.02 Å². The summed E-state index contributed by atoms with van der Waals surface area (Å²) in [5.74, 6) is -0.681. The number of piperidine rings is 1. The van der Waals surface area contributed by atoms with Crippen molar-refractivity contribution in [2.45, 2.75) is 45.2 Å². The Bertz CT molecular complexity index is 2770. The number of amides is 5. The molecule has 0 saturated carbocycles. The first kappa shape index (κ1) is 49.7. The zero-order chi connectivity index (χ0) is 49.3. The summed E-state index contributed by atoms with van der Waals surface area (Å²) in [6.07, 6.45) is 0.996. The Balaban J connectivity index is 0.758. The van der Waals surface area contributed by atoms with E-state index < -0.39 is 17.8 Å². The lowest BCUT2D eigenvalue weighted by molar-refractivity contribution is -0.137. The standard InChI is InChI=1S/C50H56ClFN8O10/c1-3-42(63)58-14-16-59(17-15-58)47-38-29-39(51)44(37-28-33(61)26-31-6-4-5-7-35(31)37)45(52)46(38)55-50(56-47)53-13-12-43(64)57(2)18-19-67-20-21-68-22-23-69-24-25-70-34-8-9-36-32(27-34)30-60(49(36)66)40-10-11-41(62)54-48(40)65/h4-9,26-29,40,61H,3,10-25,30H2,1-2H3,(H,53,55,56)(H,54,62,65). The van der Waals surface area contributed by atoms with Gasteiger partial charge in [-0.1, -0.05) is 42.8 Å². The predicted octanol–water partition coefficient (Wildman–Crippen LogP) is 5.16. The number of nitrogens with one attached hydrogen (secondary N) is 2. The lowest BCUT2D eigenvalue weighted by Gasteiger charge is -2.36. The van der Waals surface area contributed by atoms with Crippen molar-refractivity contribution in [3.8, 4) is 22.6 Å².